The van der Waals surface area contributed by atoms with Gasteiger partial charge in [-0.1, -0.05) is 12.5 Å². The molecule has 0 amide bonds. The summed E-state index contributed by atoms with van der Waals surface area (Å²) in [4.78, 5) is 2.41. The molecule has 1 aliphatic carbocycles. The summed E-state index contributed by atoms with van der Waals surface area (Å²) in [5.41, 5.74) is 8.15. The van der Waals surface area contributed by atoms with Gasteiger partial charge in [-0.3, -0.25) is 0 Å². The van der Waals surface area contributed by atoms with Gasteiger partial charge >= 0.3 is 0 Å². The Kier molecular flexibility index (Phi) is 4.61. The lowest BCUT2D eigenvalue weighted by atomic mass is 9.85. The number of benzene rings is 1. The average molecular weight is 248 g/mol. The minimum atomic E-state index is 0.531. The number of nitrogens with two attached hydrogens (primary N) is 1. The molecule has 0 saturated heterocycles. The Balaban J connectivity index is 1.95. The van der Waals surface area contributed by atoms with Crippen LogP contribution in [-0.4, -0.2) is 25.6 Å². The third-order valence-corrected chi connectivity index (χ3v) is 3.81. The van der Waals surface area contributed by atoms with Crippen molar-refractivity contribution >= 4 is 0 Å². The molecule has 100 valence electrons. The maximum atomic E-state index is 5.74. The van der Waals surface area contributed by atoms with Crippen molar-refractivity contribution in [1.29, 1.82) is 0 Å². The number of rotatable bonds is 6. The van der Waals surface area contributed by atoms with Gasteiger partial charge in [0.15, 0.2) is 0 Å². The van der Waals surface area contributed by atoms with Crippen molar-refractivity contribution in [1.82, 2.24) is 4.90 Å². The normalized spacial score (nSPS) is 15.8. The van der Waals surface area contributed by atoms with E-state index in [1.54, 1.807) is 7.11 Å². The van der Waals surface area contributed by atoms with Crippen LogP contribution in [0.15, 0.2) is 18.2 Å². The number of ether oxygens (including phenoxy) is 1. The van der Waals surface area contributed by atoms with Crippen LogP contribution >= 0.6 is 0 Å². The highest BCUT2D eigenvalue weighted by Gasteiger charge is 2.19. The monoisotopic (exact) mass is 248 g/mol. The molecule has 1 aromatic rings. The van der Waals surface area contributed by atoms with Crippen molar-refractivity contribution in [2.75, 3.05) is 20.7 Å². The molecule has 0 heterocycles. The molecular formula is C15H24N2O. The third-order valence-electron chi connectivity index (χ3n) is 3.81. The van der Waals surface area contributed by atoms with E-state index in [4.69, 9.17) is 10.5 Å². The summed E-state index contributed by atoms with van der Waals surface area (Å²) in [7, 11) is 3.89. The van der Waals surface area contributed by atoms with Crippen LogP contribution in [0.25, 0.3) is 0 Å². The maximum absolute atomic E-state index is 5.74. The van der Waals surface area contributed by atoms with Gasteiger partial charge in [-0.15, -0.1) is 0 Å². The Morgan fingerprint density at radius 2 is 2.17 bits per heavy atom. The van der Waals surface area contributed by atoms with Crippen molar-refractivity contribution in [3.05, 3.63) is 29.3 Å². The fraction of sp³-hybridized carbons (Fsp3) is 0.600. The van der Waals surface area contributed by atoms with Gasteiger partial charge in [0.25, 0.3) is 0 Å². The first-order valence-corrected chi connectivity index (χ1v) is 6.77. The molecule has 0 bridgehead atoms. The van der Waals surface area contributed by atoms with Gasteiger partial charge in [-0.05, 0) is 43.5 Å². The molecule has 0 spiro atoms. The van der Waals surface area contributed by atoms with E-state index in [9.17, 15) is 0 Å². The van der Waals surface area contributed by atoms with E-state index in [1.165, 1.54) is 31.4 Å². The van der Waals surface area contributed by atoms with Crippen LogP contribution in [0.5, 0.6) is 5.75 Å². The minimum absolute atomic E-state index is 0.531. The summed E-state index contributed by atoms with van der Waals surface area (Å²) >= 11 is 0. The highest BCUT2D eigenvalue weighted by molar-refractivity contribution is 5.37. The molecule has 1 aliphatic rings. The lowest BCUT2D eigenvalue weighted by Gasteiger charge is -2.30. The van der Waals surface area contributed by atoms with Crippen LogP contribution in [-0.2, 0) is 13.1 Å². The van der Waals surface area contributed by atoms with Gasteiger partial charge in [0, 0.05) is 25.2 Å². The fourth-order valence-corrected chi connectivity index (χ4v) is 2.58. The van der Waals surface area contributed by atoms with Crippen LogP contribution in [0, 0.1) is 5.92 Å². The second-order valence-electron chi connectivity index (χ2n) is 5.34. The van der Waals surface area contributed by atoms with E-state index < -0.39 is 0 Å². The number of nitrogens with zero attached hydrogens (tertiary/aromatic N) is 1. The maximum Gasteiger partial charge on any atom is 0.123 e. The zero-order valence-electron chi connectivity index (χ0n) is 11.5. The van der Waals surface area contributed by atoms with Crippen LogP contribution in [0.1, 0.15) is 30.4 Å². The van der Waals surface area contributed by atoms with E-state index in [1.807, 2.05) is 6.07 Å². The molecule has 0 radical (unpaired) electrons. The predicted octanol–water partition coefficient (Wildman–Crippen LogP) is 2.39. The van der Waals surface area contributed by atoms with E-state index in [-0.39, 0.29) is 0 Å². The molecule has 2 N–H and O–H groups in total. The van der Waals surface area contributed by atoms with Crippen molar-refractivity contribution in [2.45, 2.75) is 32.4 Å². The molecule has 3 nitrogen and oxygen atoms in total. The van der Waals surface area contributed by atoms with Gasteiger partial charge in [0.1, 0.15) is 5.75 Å². The fourth-order valence-electron chi connectivity index (χ4n) is 2.58. The standard InChI is InChI=1S/C15H24N2O/c1-17(10-12-4-3-5-12)11-13-6-7-15(18-2)14(8-13)9-16/h6-8,12H,3-5,9-11,16H2,1-2H3. The second kappa shape index (κ2) is 6.21. The highest BCUT2D eigenvalue weighted by Crippen LogP contribution is 2.27. The van der Waals surface area contributed by atoms with E-state index in [0.717, 1.165) is 23.8 Å². The summed E-state index contributed by atoms with van der Waals surface area (Å²) in [5, 5.41) is 0. The summed E-state index contributed by atoms with van der Waals surface area (Å²) in [5.74, 6) is 1.81. The number of methoxy groups -OCH3 is 1. The van der Waals surface area contributed by atoms with Crippen molar-refractivity contribution in [2.24, 2.45) is 11.7 Å². The van der Waals surface area contributed by atoms with E-state index >= 15 is 0 Å². The Morgan fingerprint density at radius 3 is 2.72 bits per heavy atom. The van der Waals surface area contributed by atoms with Gasteiger partial charge in [0.05, 0.1) is 7.11 Å². The summed E-state index contributed by atoms with van der Waals surface area (Å²) in [6.07, 6.45) is 4.22. The first-order valence-electron chi connectivity index (χ1n) is 6.77. The average Bonchev–Trinajstić information content (AvgIpc) is 2.33. The molecule has 1 aromatic carbocycles. The molecule has 18 heavy (non-hydrogen) atoms. The molecule has 0 aliphatic heterocycles. The highest BCUT2D eigenvalue weighted by atomic mass is 16.5. The zero-order valence-corrected chi connectivity index (χ0v) is 11.5. The smallest absolute Gasteiger partial charge is 0.123 e. The summed E-state index contributed by atoms with van der Waals surface area (Å²) in [6.45, 7) is 2.74. The first-order chi connectivity index (χ1) is 8.72. The molecular weight excluding hydrogens is 224 g/mol. The van der Waals surface area contributed by atoms with Crippen LogP contribution in [0.3, 0.4) is 0 Å². The Bertz CT molecular complexity index is 388. The molecule has 0 unspecified atom stereocenters. The quantitative estimate of drug-likeness (QED) is 0.840. The molecule has 3 heteroatoms. The number of hydrogen-bond donors (Lipinski definition) is 1. The minimum Gasteiger partial charge on any atom is -0.496 e. The van der Waals surface area contributed by atoms with Crippen molar-refractivity contribution in [3.63, 3.8) is 0 Å². The van der Waals surface area contributed by atoms with Gasteiger partial charge in [0.2, 0.25) is 0 Å². The SMILES string of the molecule is COc1ccc(CN(C)CC2CCC2)cc1CN. The third kappa shape index (κ3) is 3.24. The van der Waals surface area contributed by atoms with Crippen molar-refractivity contribution in [3.8, 4) is 5.75 Å². The molecule has 1 saturated carbocycles. The predicted molar refractivity (Wildman–Crippen MR) is 74.6 cm³/mol. The second-order valence-corrected chi connectivity index (χ2v) is 5.34. The largest absolute Gasteiger partial charge is 0.496 e. The molecule has 2 rings (SSSR count). The van der Waals surface area contributed by atoms with Crippen LogP contribution < -0.4 is 10.5 Å². The summed E-state index contributed by atoms with van der Waals surface area (Å²) < 4.78 is 5.29. The van der Waals surface area contributed by atoms with E-state index in [0.29, 0.717) is 6.54 Å². The van der Waals surface area contributed by atoms with Gasteiger partial charge < -0.3 is 15.4 Å². The lowest BCUT2D eigenvalue weighted by molar-refractivity contribution is 0.200. The lowest BCUT2D eigenvalue weighted by Crippen LogP contribution is -2.29. The zero-order chi connectivity index (χ0) is 13.0. The molecule has 1 fully saturated rings. The Morgan fingerprint density at radius 1 is 1.39 bits per heavy atom. The first kappa shape index (κ1) is 13.4. The van der Waals surface area contributed by atoms with Gasteiger partial charge in [-0.25, -0.2) is 0 Å². The Hall–Kier alpha value is -1.06. The van der Waals surface area contributed by atoms with Crippen molar-refractivity contribution < 1.29 is 4.74 Å². The molecule has 0 atom stereocenters. The molecule has 0 aromatic heterocycles. The topological polar surface area (TPSA) is 38.5 Å². The summed E-state index contributed by atoms with van der Waals surface area (Å²) in [6, 6.07) is 6.32. The number of hydrogen-bond acceptors (Lipinski definition) is 3. The van der Waals surface area contributed by atoms with Gasteiger partial charge in [-0.2, -0.15) is 0 Å². The Labute approximate surface area is 110 Å². The van der Waals surface area contributed by atoms with E-state index in [2.05, 4.69) is 24.1 Å². The van der Waals surface area contributed by atoms with Crippen LogP contribution in [0.2, 0.25) is 0 Å². The van der Waals surface area contributed by atoms with Crippen LogP contribution in [0.4, 0.5) is 0 Å².